The number of carbonyl (C=O) groups excluding carboxylic acids is 2. The molecule has 1 aliphatic rings. The molecule has 126 valence electrons. The predicted molar refractivity (Wildman–Crippen MR) is 88.7 cm³/mol. The van der Waals surface area contributed by atoms with Crippen LogP contribution in [0.3, 0.4) is 0 Å². The summed E-state index contributed by atoms with van der Waals surface area (Å²) < 4.78 is 31.5. The Morgan fingerprint density at radius 3 is 2.32 bits per heavy atom. The van der Waals surface area contributed by atoms with Crippen molar-refractivity contribution in [3.8, 4) is 0 Å². The minimum Gasteiger partial charge on any atom is -1.00 e. The first-order valence-electron chi connectivity index (χ1n) is 7.37. The van der Waals surface area contributed by atoms with E-state index in [-0.39, 0.29) is 43.1 Å². The number of Topliss-reactive ketones (excluding diaryl/α,β-unsaturated/α-hetero) is 1. The summed E-state index contributed by atoms with van der Waals surface area (Å²) in [6, 6.07) is 11.2. The fraction of sp³-hybridized carbons (Fsp3) is 0.176. The largest absolute Gasteiger partial charge is 1.00 e. The van der Waals surface area contributed by atoms with Gasteiger partial charge in [-0.05, 0) is 35.7 Å². The molecular formula is C17H16NNaO5S. The van der Waals surface area contributed by atoms with Gasteiger partial charge in [-0.25, -0.2) is 0 Å². The maximum Gasteiger partial charge on any atom is 1.00 e. The summed E-state index contributed by atoms with van der Waals surface area (Å²) in [4.78, 5) is 25.4. The third-order valence-corrected chi connectivity index (χ3v) is 4.92. The molecule has 0 bridgehead atoms. The minimum atomic E-state index is -4.43. The van der Waals surface area contributed by atoms with E-state index in [1.807, 2.05) is 31.2 Å². The fourth-order valence-electron chi connectivity index (χ4n) is 2.82. The van der Waals surface area contributed by atoms with Crippen LogP contribution in [0.2, 0.25) is 0 Å². The van der Waals surface area contributed by atoms with Crippen LogP contribution < -0.4 is 34.5 Å². The maximum atomic E-state index is 12.3. The van der Waals surface area contributed by atoms with Crippen molar-refractivity contribution in [1.29, 1.82) is 0 Å². The second kappa shape index (κ2) is 7.39. The molecule has 0 fully saturated rings. The molecule has 8 heteroatoms. The van der Waals surface area contributed by atoms with Crippen LogP contribution in [0.4, 0.5) is 5.69 Å². The van der Waals surface area contributed by atoms with E-state index in [0.29, 0.717) is 5.69 Å². The standard InChI is InChI=1S/C17H15NO5S.Na.H/c1-2-11-5-3-4-6-12(11)10-18-15-8-7-13(24(21,22)23)9-14(15)16(19)17(18)20;;/h3-9H,2,10H2,1H3,(H,21,22,23);;/q;+1;-1. The van der Waals surface area contributed by atoms with Gasteiger partial charge in [0.05, 0.1) is 22.7 Å². The Hall–Kier alpha value is -1.51. The zero-order valence-corrected chi connectivity index (χ0v) is 16.7. The Morgan fingerprint density at radius 1 is 1.08 bits per heavy atom. The molecule has 1 N–H and O–H groups in total. The van der Waals surface area contributed by atoms with Gasteiger partial charge in [-0.15, -0.1) is 0 Å². The molecule has 0 saturated carbocycles. The van der Waals surface area contributed by atoms with E-state index in [0.717, 1.165) is 23.6 Å². The normalized spacial score (nSPS) is 13.6. The van der Waals surface area contributed by atoms with E-state index in [1.165, 1.54) is 17.0 Å². The number of aryl methyl sites for hydroxylation is 1. The Labute approximate surface area is 169 Å². The number of nitrogens with zero attached hydrogens (tertiary/aromatic N) is 1. The van der Waals surface area contributed by atoms with Crippen LogP contribution in [0, 0.1) is 0 Å². The van der Waals surface area contributed by atoms with Crippen molar-refractivity contribution < 1.29 is 53.5 Å². The topological polar surface area (TPSA) is 91.8 Å². The van der Waals surface area contributed by atoms with E-state index >= 15 is 0 Å². The number of ketones is 1. The smallest absolute Gasteiger partial charge is 1.00 e. The zero-order chi connectivity index (χ0) is 17.5. The zero-order valence-electron chi connectivity index (χ0n) is 14.9. The first kappa shape index (κ1) is 19.8. The van der Waals surface area contributed by atoms with Crippen molar-refractivity contribution in [3.05, 3.63) is 59.2 Å². The van der Waals surface area contributed by atoms with Crippen molar-refractivity contribution in [2.24, 2.45) is 0 Å². The molecule has 1 aliphatic heterocycles. The molecule has 3 rings (SSSR count). The average molecular weight is 369 g/mol. The summed E-state index contributed by atoms with van der Waals surface area (Å²) in [5.41, 5.74) is 2.33. The van der Waals surface area contributed by atoms with Gasteiger partial charge in [0.15, 0.2) is 0 Å². The van der Waals surface area contributed by atoms with Gasteiger partial charge in [0.1, 0.15) is 0 Å². The maximum absolute atomic E-state index is 12.3. The molecular weight excluding hydrogens is 353 g/mol. The van der Waals surface area contributed by atoms with Crippen LogP contribution in [0.5, 0.6) is 0 Å². The van der Waals surface area contributed by atoms with E-state index in [1.54, 1.807) is 0 Å². The SMILES string of the molecule is CCc1ccccc1CN1C(=O)C(=O)c2cc(S(=O)(=O)O)ccc21.[H-].[Na+]. The molecule has 6 nitrogen and oxygen atoms in total. The molecule has 1 amide bonds. The summed E-state index contributed by atoms with van der Waals surface area (Å²) in [5.74, 6) is -1.48. The molecule has 0 aliphatic carbocycles. The number of hydrogen-bond donors (Lipinski definition) is 1. The number of rotatable bonds is 4. The number of fused-ring (bicyclic) bond motifs is 1. The van der Waals surface area contributed by atoms with Gasteiger partial charge >= 0.3 is 29.6 Å². The van der Waals surface area contributed by atoms with Crippen molar-refractivity contribution in [1.82, 2.24) is 0 Å². The summed E-state index contributed by atoms with van der Waals surface area (Å²) in [6.45, 7) is 2.23. The minimum absolute atomic E-state index is 0. The molecule has 0 saturated heterocycles. The third-order valence-electron chi connectivity index (χ3n) is 4.07. The quantitative estimate of drug-likeness (QED) is 0.439. The van der Waals surface area contributed by atoms with E-state index in [4.69, 9.17) is 4.55 Å². The van der Waals surface area contributed by atoms with E-state index in [2.05, 4.69) is 0 Å². The molecule has 0 aromatic heterocycles. The van der Waals surface area contributed by atoms with Crippen LogP contribution >= 0.6 is 0 Å². The van der Waals surface area contributed by atoms with Crippen molar-refractivity contribution in [3.63, 3.8) is 0 Å². The van der Waals surface area contributed by atoms with Gasteiger partial charge in [-0.3, -0.25) is 14.1 Å². The van der Waals surface area contributed by atoms with Crippen molar-refractivity contribution in [2.75, 3.05) is 4.90 Å². The Kier molecular flexibility index (Phi) is 5.86. The second-order valence-electron chi connectivity index (χ2n) is 5.50. The first-order valence-corrected chi connectivity index (χ1v) is 8.81. The number of amides is 1. The third kappa shape index (κ3) is 3.70. The van der Waals surface area contributed by atoms with Crippen LogP contribution in [0.1, 0.15) is 29.8 Å². The van der Waals surface area contributed by atoms with Gasteiger partial charge in [0, 0.05) is 0 Å². The average Bonchev–Trinajstić information content (AvgIpc) is 2.79. The van der Waals surface area contributed by atoms with E-state index < -0.39 is 26.7 Å². The summed E-state index contributed by atoms with van der Waals surface area (Å²) in [6.07, 6.45) is 0.792. The van der Waals surface area contributed by atoms with Gasteiger partial charge in [-0.2, -0.15) is 8.42 Å². The molecule has 25 heavy (non-hydrogen) atoms. The molecule has 0 atom stereocenters. The molecule has 0 unspecified atom stereocenters. The van der Waals surface area contributed by atoms with Crippen molar-refractivity contribution in [2.45, 2.75) is 24.8 Å². The van der Waals surface area contributed by atoms with Crippen LogP contribution in [-0.4, -0.2) is 24.7 Å². The Balaban J connectivity index is 0.00000169. The van der Waals surface area contributed by atoms with E-state index in [9.17, 15) is 18.0 Å². The van der Waals surface area contributed by atoms with Gasteiger partial charge in [-0.1, -0.05) is 31.2 Å². The molecule has 1 heterocycles. The monoisotopic (exact) mass is 369 g/mol. The van der Waals surface area contributed by atoms with Gasteiger partial charge < -0.3 is 6.33 Å². The van der Waals surface area contributed by atoms with Crippen molar-refractivity contribution >= 4 is 27.5 Å². The van der Waals surface area contributed by atoms with Crippen LogP contribution in [-0.2, 0) is 27.9 Å². The first-order chi connectivity index (χ1) is 11.3. The summed E-state index contributed by atoms with van der Waals surface area (Å²) in [7, 11) is -4.43. The number of anilines is 1. The van der Waals surface area contributed by atoms with Gasteiger partial charge in [0.2, 0.25) is 0 Å². The number of hydrogen-bond acceptors (Lipinski definition) is 4. The summed E-state index contributed by atoms with van der Waals surface area (Å²) >= 11 is 0. The Bertz CT molecular complexity index is 961. The predicted octanol–water partition coefficient (Wildman–Crippen LogP) is -0.658. The Morgan fingerprint density at radius 2 is 1.72 bits per heavy atom. The fourth-order valence-corrected chi connectivity index (χ4v) is 3.33. The molecule has 2 aromatic rings. The molecule has 0 radical (unpaired) electrons. The number of carbonyl (C=O) groups is 2. The number of benzene rings is 2. The second-order valence-corrected chi connectivity index (χ2v) is 6.92. The van der Waals surface area contributed by atoms with Crippen LogP contribution in [0.15, 0.2) is 47.4 Å². The molecule has 0 spiro atoms. The molecule has 2 aromatic carbocycles. The van der Waals surface area contributed by atoms with Crippen LogP contribution in [0.25, 0.3) is 0 Å². The summed E-state index contributed by atoms with van der Waals surface area (Å²) in [5, 5.41) is 0. The van der Waals surface area contributed by atoms with Gasteiger partial charge in [0.25, 0.3) is 21.8 Å².